The fourth-order valence-corrected chi connectivity index (χ4v) is 1.25. The first-order valence-corrected chi connectivity index (χ1v) is 5.38. The van der Waals surface area contributed by atoms with Gasteiger partial charge in [0, 0.05) is 5.69 Å². The molecule has 0 amide bonds. The van der Waals surface area contributed by atoms with E-state index in [-0.39, 0.29) is 17.4 Å². The van der Waals surface area contributed by atoms with Gasteiger partial charge in [0.15, 0.2) is 0 Å². The smallest absolute Gasteiger partial charge is 0.337 e. The van der Waals surface area contributed by atoms with Gasteiger partial charge >= 0.3 is 5.97 Å². The van der Waals surface area contributed by atoms with E-state index in [2.05, 4.69) is 0 Å². The zero-order valence-corrected chi connectivity index (χ0v) is 9.97. The molecule has 0 heterocycles. The van der Waals surface area contributed by atoms with Crippen molar-refractivity contribution in [3.05, 3.63) is 23.8 Å². The van der Waals surface area contributed by atoms with Gasteiger partial charge in [-0.2, -0.15) is 0 Å². The number of ether oxygens (including phenoxy) is 2. The van der Waals surface area contributed by atoms with Crippen molar-refractivity contribution in [1.82, 2.24) is 0 Å². The van der Waals surface area contributed by atoms with Gasteiger partial charge in [-0.15, -0.1) is 0 Å². The lowest BCUT2D eigenvalue weighted by molar-refractivity contribution is 0.0552. The van der Waals surface area contributed by atoms with Gasteiger partial charge in [-0.1, -0.05) is 0 Å². The highest BCUT2D eigenvalue weighted by Crippen LogP contribution is 2.19. The number of hydrogen-bond acceptors (Lipinski definition) is 4. The number of benzene rings is 1. The van der Waals surface area contributed by atoms with Gasteiger partial charge in [-0.25, -0.2) is 4.79 Å². The summed E-state index contributed by atoms with van der Waals surface area (Å²) in [4.78, 5) is 10.8. The number of hydrogen-bond donors (Lipinski definition) is 2. The quantitative estimate of drug-likeness (QED) is 0.584. The van der Waals surface area contributed by atoms with Crippen LogP contribution in [0.4, 0.5) is 5.69 Å². The first kappa shape index (κ1) is 13.3. The van der Waals surface area contributed by atoms with Crippen LogP contribution in [0.5, 0.6) is 5.75 Å². The van der Waals surface area contributed by atoms with Crippen LogP contribution in [0.3, 0.4) is 0 Å². The van der Waals surface area contributed by atoms with Crippen molar-refractivity contribution >= 4 is 11.7 Å². The Hall–Kier alpha value is -1.75. The number of nitrogen functional groups attached to an aromatic ring is 1. The monoisotopic (exact) mass is 239 g/mol. The minimum absolute atomic E-state index is 0.0484. The molecule has 0 aromatic heterocycles. The van der Waals surface area contributed by atoms with E-state index in [1.54, 1.807) is 6.07 Å². The van der Waals surface area contributed by atoms with Crippen LogP contribution >= 0.6 is 0 Å². The lowest BCUT2D eigenvalue weighted by atomic mass is 10.2. The number of anilines is 1. The fourth-order valence-electron chi connectivity index (χ4n) is 1.25. The van der Waals surface area contributed by atoms with Crippen LogP contribution in [-0.4, -0.2) is 30.4 Å². The fraction of sp³-hybridized carbons (Fsp3) is 0.417. The zero-order chi connectivity index (χ0) is 12.8. The SMILES string of the molecule is CC(C)OCCOc1ccc(N)c(C(=O)O)c1. The van der Waals surface area contributed by atoms with Crippen LogP contribution in [0.25, 0.3) is 0 Å². The molecule has 17 heavy (non-hydrogen) atoms. The maximum Gasteiger partial charge on any atom is 0.337 e. The molecule has 0 aliphatic rings. The summed E-state index contributed by atoms with van der Waals surface area (Å²) in [5, 5.41) is 8.87. The summed E-state index contributed by atoms with van der Waals surface area (Å²) >= 11 is 0. The van der Waals surface area contributed by atoms with Crippen LogP contribution in [0.15, 0.2) is 18.2 Å². The molecule has 5 heteroatoms. The maximum absolute atomic E-state index is 10.8. The summed E-state index contributed by atoms with van der Waals surface area (Å²) in [6.45, 7) is 4.71. The summed E-state index contributed by atoms with van der Waals surface area (Å²) in [5.41, 5.74) is 5.80. The molecule has 0 spiro atoms. The zero-order valence-electron chi connectivity index (χ0n) is 9.97. The molecule has 0 unspecified atom stereocenters. The largest absolute Gasteiger partial charge is 0.491 e. The molecule has 1 rings (SSSR count). The Morgan fingerprint density at radius 3 is 2.71 bits per heavy atom. The number of rotatable bonds is 6. The Morgan fingerprint density at radius 1 is 1.41 bits per heavy atom. The minimum atomic E-state index is -1.06. The number of carbonyl (C=O) groups is 1. The standard InChI is InChI=1S/C12H17NO4/c1-8(2)16-5-6-17-9-3-4-11(13)10(7-9)12(14)15/h3-4,7-8H,5-6,13H2,1-2H3,(H,14,15). The minimum Gasteiger partial charge on any atom is -0.491 e. The number of nitrogens with two attached hydrogens (primary N) is 1. The highest BCUT2D eigenvalue weighted by Gasteiger charge is 2.09. The summed E-state index contributed by atoms with van der Waals surface area (Å²) in [5.74, 6) is -0.588. The van der Waals surface area contributed by atoms with Crippen LogP contribution in [0.2, 0.25) is 0 Å². The van der Waals surface area contributed by atoms with Crippen molar-refractivity contribution in [2.24, 2.45) is 0 Å². The summed E-state index contributed by atoms with van der Waals surface area (Å²) in [6.07, 6.45) is 0.152. The van der Waals surface area contributed by atoms with E-state index in [9.17, 15) is 4.79 Å². The molecule has 0 aliphatic heterocycles. The van der Waals surface area contributed by atoms with Crippen molar-refractivity contribution in [2.45, 2.75) is 20.0 Å². The number of carboxylic acids is 1. The van der Waals surface area contributed by atoms with E-state index in [0.29, 0.717) is 19.0 Å². The Kier molecular flexibility index (Phi) is 4.78. The molecule has 0 saturated heterocycles. The normalized spacial score (nSPS) is 10.5. The summed E-state index contributed by atoms with van der Waals surface area (Å²) in [7, 11) is 0. The van der Waals surface area contributed by atoms with E-state index in [1.807, 2.05) is 13.8 Å². The number of carboxylic acid groups (broad SMARTS) is 1. The molecule has 1 aromatic rings. The second-order valence-electron chi connectivity index (χ2n) is 3.82. The second-order valence-corrected chi connectivity index (χ2v) is 3.82. The van der Waals surface area contributed by atoms with Crippen molar-refractivity contribution in [2.75, 3.05) is 18.9 Å². The van der Waals surface area contributed by atoms with E-state index in [1.165, 1.54) is 12.1 Å². The Labute approximate surface area is 100 Å². The van der Waals surface area contributed by atoms with Gasteiger partial charge in [-0.3, -0.25) is 0 Å². The molecule has 0 atom stereocenters. The van der Waals surface area contributed by atoms with Crippen molar-refractivity contribution in [1.29, 1.82) is 0 Å². The van der Waals surface area contributed by atoms with E-state index < -0.39 is 5.97 Å². The van der Waals surface area contributed by atoms with E-state index in [0.717, 1.165) is 0 Å². The van der Waals surface area contributed by atoms with Crippen LogP contribution in [0, 0.1) is 0 Å². The Balaban J connectivity index is 2.54. The molecule has 0 bridgehead atoms. The summed E-state index contributed by atoms with van der Waals surface area (Å²) < 4.78 is 10.7. The van der Waals surface area contributed by atoms with E-state index >= 15 is 0 Å². The maximum atomic E-state index is 10.8. The molecule has 1 aromatic carbocycles. The molecule has 0 fully saturated rings. The van der Waals surface area contributed by atoms with Gasteiger partial charge in [0.1, 0.15) is 12.4 Å². The number of aromatic carboxylic acids is 1. The lowest BCUT2D eigenvalue weighted by Crippen LogP contribution is -2.11. The van der Waals surface area contributed by atoms with Gasteiger partial charge in [0.05, 0.1) is 18.3 Å². The predicted molar refractivity (Wildman–Crippen MR) is 64.4 cm³/mol. The highest BCUT2D eigenvalue weighted by molar-refractivity contribution is 5.94. The third-order valence-electron chi connectivity index (χ3n) is 2.06. The molecule has 0 aliphatic carbocycles. The highest BCUT2D eigenvalue weighted by atomic mass is 16.5. The Bertz CT molecular complexity index is 390. The molecule has 3 N–H and O–H groups in total. The molecule has 5 nitrogen and oxygen atoms in total. The van der Waals surface area contributed by atoms with Crippen LogP contribution in [-0.2, 0) is 4.74 Å². The molecule has 94 valence electrons. The van der Waals surface area contributed by atoms with Crippen molar-refractivity contribution in [3.8, 4) is 5.75 Å². The first-order chi connectivity index (χ1) is 8.00. The third kappa shape index (κ3) is 4.32. The average Bonchev–Trinajstić information content (AvgIpc) is 2.25. The van der Waals surface area contributed by atoms with Crippen molar-refractivity contribution in [3.63, 3.8) is 0 Å². The molecule has 0 radical (unpaired) electrons. The van der Waals surface area contributed by atoms with Crippen molar-refractivity contribution < 1.29 is 19.4 Å². The van der Waals surface area contributed by atoms with Gasteiger partial charge in [-0.05, 0) is 32.0 Å². The predicted octanol–water partition coefficient (Wildman–Crippen LogP) is 1.77. The van der Waals surface area contributed by atoms with Gasteiger partial charge in [0.25, 0.3) is 0 Å². The molecule has 0 saturated carbocycles. The van der Waals surface area contributed by atoms with Crippen LogP contribution < -0.4 is 10.5 Å². The molecular weight excluding hydrogens is 222 g/mol. The lowest BCUT2D eigenvalue weighted by Gasteiger charge is -2.10. The molecular formula is C12H17NO4. The van der Waals surface area contributed by atoms with Gasteiger partial charge < -0.3 is 20.3 Å². The van der Waals surface area contributed by atoms with Crippen LogP contribution in [0.1, 0.15) is 24.2 Å². The third-order valence-corrected chi connectivity index (χ3v) is 2.06. The van der Waals surface area contributed by atoms with Gasteiger partial charge in [0.2, 0.25) is 0 Å². The topological polar surface area (TPSA) is 81.8 Å². The summed E-state index contributed by atoms with van der Waals surface area (Å²) in [6, 6.07) is 4.56. The average molecular weight is 239 g/mol. The second kappa shape index (κ2) is 6.10. The first-order valence-electron chi connectivity index (χ1n) is 5.38. The van der Waals surface area contributed by atoms with E-state index in [4.69, 9.17) is 20.3 Å². The Morgan fingerprint density at radius 2 is 2.12 bits per heavy atom.